The van der Waals surface area contributed by atoms with Crippen molar-refractivity contribution in [1.82, 2.24) is 0 Å². The SMILES string of the molecule is [CH3][Sn][c]1ccc(-c2cc[c]([Sn][CH3])s2)s1. The molecule has 4 radical (unpaired) electrons. The number of hydrogen-bond donors (Lipinski definition) is 0. The predicted molar refractivity (Wildman–Crippen MR) is 70.1 cm³/mol. The van der Waals surface area contributed by atoms with Gasteiger partial charge in [0.25, 0.3) is 0 Å². The van der Waals surface area contributed by atoms with Crippen LogP contribution in [0.3, 0.4) is 0 Å². The van der Waals surface area contributed by atoms with Gasteiger partial charge in [-0.1, -0.05) is 0 Å². The summed E-state index contributed by atoms with van der Waals surface area (Å²) in [4.78, 5) is 7.76. The summed E-state index contributed by atoms with van der Waals surface area (Å²) in [6, 6.07) is 9.27. The van der Waals surface area contributed by atoms with Crippen molar-refractivity contribution in [1.29, 1.82) is 0 Å². The number of hydrogen-bond acceptors (Lipinski definition) is 2. The molecule has 2 aromatic rings. The first kappa shape index (κ1) is 11.5. The average molecular weight is 432 g/mol. The van der Waals surface area contributed by atoms with Gasteiger partial charge in [0.2, 0.25) is 0 Å². The van der Waals surface area contributed by atoms with Crippen LogP contribution < -0.4 is 5.79 Å². The van der Waals surface area contributed by atoms with Crippen LogP contribution in [0.1, 0.15) is 0 Å². The van der Waals surface area contributed by atoms with E-state index < -0.39 is 0 Å². The summed E-state index contributed by atoms with van der Waals surface area (Å²) in [6.07, 6.45) is 0. The van der Waals surface area contributed by atoms with E-state index in [0.717, 1.165) is 0 Å². The van der Waals surface area contributed by atoms with Gasteiger partial charge in [0.1, 0.15) is 0 Å². The van der Waals surface area contributed by atoms with Gasteiger partial charge in [-0.2, -0.15) is 0 Å². The summed E-state index contributed by atoms with van der Waals surface area (Å²) in [5, 5.41) is 0. The summed E-state index contributed by atoms with van der Waals surface area (Å²) < 4.78 is 3.32. The summed E-state index contributed by atoms with van der Waals surface area (Å²) in [7, 11) is 0. The van der Waals surface area contributed by atoms with Gasteiger partial charge < -0.3 is 0 Å². The van der Waals surface area contributed by atoms with Crippen LogP contribution in [0.4, 0.5) is 0 Å². The third-order valence-electron chi connectivity index (χ3n) is 1.95. The van der Waals surface area contributed by atoms with Crippen molar-refractivity contribution < 1.29 is 0 Å². The van der Waals surface area contributed by atoms with Gasteiger partial charge in [-0.25, -0.2) is 0 Å². The van der Waals surface area contributed by atoms with E-state index in [9.17, 15) is 0 Å². The molecule has 2 aromatic heterocycles. The zero-order chi connectivity index (χ0) is 9.97. The second-order valence-electron chi connectivity index (χ2n) is 2.83. The Morgan fingerprint density at radius 1 is 0.786 bits per heavy atom. The molecule has 0 aliphatic rings. The van der Waals surface area contributed by atoms with Gasteiger partial charge in [-0.3, -0.25) is 0 Å². The fourth-order valence-corrected chi connectivity index (χ4v) is 8.08. The number of thiophene rings is 2. The molecule has 70 valence electrons. The standard InChI is InChI=1S/C8H4S2.2CH3.2Sn/c1-3-7(9-5-1)8-4-2-6-10-8;;;;/h1-4H;2*1H3;;. The third-order valence-corrected chi connectivity index (χ3v) is 12.2. The minimum absolute atomic E-state index is 0.208. The van der Waals surface area contributed by atoms with E-state index in [-0.39, 0.29) is 42.3 Å². The van der Waals surface area contributed by atoms with E-state index >= 15 is 0 Å². The van der Waals surface area contributed by atoms with Crippen LogP contribution in [0.2, 0.25) is 9.88 Å². The predicted octanol–water partition coefficient (Wildman–Crippen LogP) is 2.23. The van der Waals surface area contributed by atoms with E-state index in [1.807, 2.05) is 22.7 Å². The van der Waals surface area contributed by atoms with E-state index in [0.29, 0.717) is 0 Å². The van der Waals surface area contributed by atoms with Crippen LogP contribution in [0, 0.1) is 0 Å². The maximum atomic E-state index is 2.39. The van der Waals surface area contributed by atoms with Gasteiger partial charge in [0.15, 0.2) is 0 Å². The van der Waals surface area contributed by atoms with E-state index in [1.54, 1.807) is 5.79 Å². The molecule has 0 spiro atoms. The second-order valence-corrected chi connectivity index (χ2v) is 13.0. The second kappa shape index (κ2) is 5.36. The first-order valence-corrected chi connectivity index (χ1v) is 14.6. The Bertz CT molecular complexity index is 377. The van der Waals surface area contributed by atoms with Gasteiger partial charge >= 0.3 is 115 Å². The first-order chi connectivity index (χ1) is 6.83. The van der Waals surface area contributed by atoms with Crippen LogP contribution in [-0.4, -0.2) is 42.3 Å². The van der Waals surface area contributed by atoms with Crippen LogP contribution in [0.15, 0.2) is 24.3 Å². The third kappa shape index (κ3) is 2.57. The zero-order valence-corrected chi connectivity index (χ0v) is 15.5. The first-order valence-electron chi connectivity index (χ1n) is 4.39. The molecule has 2 heterocycles. The van der Waals surface area contributed by atoms with Crippen molar-refractivity contribution in [2.45, 2.75) is 9.88 Å². The summed E-state index contributed by atoms with van der Waals surface area (Å²) >= 11 is 3.61. The molecule has 0 nitrogen and oxygen atoms in total. The van der Waals surface area contributed by atoms with Crippen LogP contribution in [0.25, 0.3) is 9.75 Å². The van der Waals surface area contributed by atoms with Crippen LogP contribution >= 0.6 is 22.7 Å². The molecule has 0 amide bonds. The molecule has 0 aromatic carbocycles. The van der Waals surface area contributed by atoms with E-state index in [1.165, 1.54) is 9.75 Å². The maximum absolute atomic E-state index is 2.39. The van der Waals surface area contributed by atoms with Crippen molar-refractivity contribution in [3.63, 3.8) is 0 Å². The molecule has 0 unspecified atom stereocenters. The minimum atomic E-state index is -0.208. The molecule has 0 fully saturated rings. The topological polar surface area (TPSA) is 0 Å². The Kier molecular flexibility index (Phi) is 4.40. The Morgan fingerprint density at radius 2 is 1.21 bits per heavy atom. The van der Waals surface area contributed by atoms with E-state index in [4.69, 9.17) is 0 Å². The monoisotopic (exact) mass is 434 g/mol. The Labute approximate surface area is 113 Å². The summed E-state index contributed by atoms with van der Waals surface area (Å²) in [5.74, 6) is 0. The van der Waals surface area contributed by atoms with E-state index in [2.05, 4.69) is 34.1 Å². The molecule has 14 heavy (non-hydrogen) atoms. The Hall–Kier alpha value is 0.997. The molecule has 0 saturated carbocycles. The molecule has 0 atom stereocenters. The zero-order valence-electron chi connectivity index (χ0n) is 8.13. The molecule has 0 N–H and O–H groups in total. The summed E-state index contributed by atoms with van der Waals surface area (Å²) in [5.41, 5.74) is 0. The molecule has 2 rings (SSSR count). The van der Waals surface area contributed by atoms with Crippen molar-refractivity contribution in [3.8, 4) is 9.75 Å². The molecule has 0 aliphatic heterocycles. The van der Waals surface area contributed by atoms with Crippen molar-refractivity contribution in [2.24, 2.45) is 0 Å². The quantitative estimate of drug-likeness (QED) is 0.654. The normalized spacial score (nSPS) is 10.7. The van der Waals surface area contributed by atoms with Crippen molar-refractivity contribution >= 4 is 70.7 Å². The van der Waals surface area contributed by atoms with Crippen LogP contribution in [0.5, 0.6) is 0 Å². The Balaban J connectivity index is 2.29. The summed E-state index contributed by atoms with van der Waals surface area (Å²) in [6.45, 7) is 0. The molecule has 0 bridgehead atoms. The Morgan fingerprint density at radius 3 is 1.50 bits per heavy atom. The van der Waals surface area contributed by atoms with Crippen LogP contribution in [-0.2, 0) is 0 Å². The fraction of sp³-hybridized carbons (Fsp3) is 0.200. The van der Waals surface area contributed by atoms with Gasteiger partial charge in [-0.05, 0) is 0 Å². The molecule has 0 aliphatic carbocycles. The fourth-order valence-electron chi connectivity index (χ4n) is 1.21. The van der Waals surface area contributed by atoms with Crippen molar-refractivity contribution in [3.05, 3.63) is 24.3 Å². The number of rotatable bonds is 3. The van der Waals surface area contributed by atoms with Gasteiger partial charge in [0.05, 0.1) is 0 Å². The molecule has 0 saturated heterocycles. The van der Waals surface area contributed by atoms with Crippen molar-refractivity contribution in [2.75, 3.05) is 0 Å². The van der Waals surface area contributed by atoms with Gasteiger partial charge in [-0.15, -0.1) is 0 Å². The van der Waals surface area contributed by atoms with Gasteiger partial charge in [0, 0.05) is 0 Å². The molecular formula is C10H10S2Sn2. The molecule has 4 heteroatoms. The molecular weight excluding hydrogens is 422 g/mol. The average Bonchev–Trinajstić information content (AvgIpc) is 2.86.